The van der Waals surface area contributed by atoms with E-state index in [1.807, 2.05) is 45.9 Å². The average molecular weight is 448 g/mol. The summed E-state index contributed by atoms with van der Waals surface area (Å²) in [5.41, 5.74) is 3.28. The summed E-state index contributed by atoms with van der Waals surface area (Å²) in [5.74, 6) is 0.491. The van der Waals surface area contributed by atoms with Crippen LogP contribution in [0.4, 0.5) is 5.69 Å². The van der Waals surface area contributed by atoms with Crippen molar-refractivity contribution in [3.05, 3.63) is 86.0 Å². The molecule has 5 nitrogen and oxygen atoms in total. The topological polar surface area (TPSA) is 64.3 Å². The van der Waals surface area contributed by atoms with Crippen molar-refractivity contribution in [2.75, 3.05) is 0 Å². The van der Waals surface area contributed by atoms with Gasteiger partial charge in [-0.15, -0.1) is 16.2 Å². The van der Waals surface area contributed by atoms with Crippen molar-refractivity contribution in [1.82, 2.24) is 9.55 Å². The number of rotatable bonds is 6. The molecule has 0 radical (unpaired) electrons. The number of hydrogen-bond donors (Lipinski definition) is 0. The maximum atomic E-state index is 13.6. The van der Waals surface area contributed by atoms with E-state index >= 15 is 0 Å². The van der Waals surface area contributed by atoms with Gasteiger partial charge in [0.15, 0.2) is 0 Å². The van der Waals surface area contributed by atoms with Gasteiger partial charge in [0.2, 0.25) is 0 Å². The van der Waals surface area contributed by atoms with E-state index in [2.05, 4.69) is 23.4 Å². The summed E-state index contributed by atoms with van der Waals surface area (Å²) in [7, 11) is 0. The number of thiophene rings is 1. The van der Waals surface area contributed by atoms with E-state index in [4.69, 9.17) is 4.98 Å². The molecule has 6 heteroatoms. The Morgan fingerprint density at radius 3 is 2.53 bits per heavy atom. The fourth-order valence-electron chi connectivity index (χ4n) is 3.76. The molecule has 3 aromatic rings. The smallest absolute Gasteiger partial charge is 0.262 e. The van der Waals surface area contributed by atoms with Crippen molar-refractivity contribution in [2.45, 2.75) is 53.5 Å². The lowest BCUT2D eigenvalue weighted by Gasteiger charge is -2.17. The normalized spacial score (nSPS) is 12.7. The Kier molecular flexibility index (Phi) is 8.06. The van der Waals surface area contributed by atoms with Crippen LogP contribution in [0.2, 0.25) is 0 Å². The highest BCUT2D eigenvalue weighted by Crippen LogP contribution is 2.32. The lowest BCUT2D eigenvalue weighted by Crippen LogP contribution is -2.26. The molecule has 1 aliphatic carbocycles. The summed E-state index contributed by atoms with van der Waals surface area (Å²) in [6.07, 6.45) is 9.32. The summed E-state index contributed by atoms with van der Waals surface area (Å²) in [6, 6.07) is 11.0. The predicted molar refractivity (Wildman–Crippen MR) is 135 cm³/mol. The number of hydrogen-bond acceptors (Lipinski definition) is 5. The van der Waals surface area contributed by atoms with Crippen LogP contribution in [0.3, 0.4) is 0 Å². The van der Waals surface area contributed by atoms with Crippen LogP contribution in [-0.4, -0.2) is 9.55 Å². The largest absolute Gasteiger partial charge is 0.292 e. The predicted octanol–water partition coefficient (Wildman–Crippen LogP) is 7.35. The number of nitroso groups, excluding NO2 is 1. The summed E-state index contributed by atoms with van der Waals surface area (Å²) < 4.78 is 1.70. The Morgan fingerprint density at radius 1 is 1.09 bits per heavy atom. The number of aryl methyl sites for hydroxylation is 2. The average Bonchev–Trinajstić information content (AvgIpc) is 3.25. The minimum absolute atomic E-state index is 0.0829. The molecule has 166 valence electrons. The van der Waals surface area contributed by atoms with Gasteiger partial charge in [-0.2, -0.15) is 0 Å². The van der Waals surface area contributed by atoms with Gasteiger partial charge >= 0.3 is 0 Å². The van der Waals surface area contributed by atoms with Gasteiger partial charge in [-0.05, 0) is 62.6 Å². The first kappa shape index (κ1) is 23.5. The van der Waals surface area contributed by atoms with Crippen molar-refractivity contribution in [2.24, 2.45) is 5.18 Å². The van der Waals surface area contributed by atoms with E-state index < -0.39 is 0 Å². The summed E-state index contributed by atoms with van der Waals surface area (Å²) in [5, 5.41) is 3.16. The first-order valence-electron chi connectivity index (χ1n) is 11.0. The molecule has 0 atom stereocenters. The molecule has 0 unspecified atom stereocenters. The molecule has 0 aliphatic heterocycles. The molecule has 0 saturated carbocycles. The van der Waals surface area contributed by atoms with Gasteiger partial charge in [-0.3, -0.25) is 9.36 Å². The van der Waals surface area contributed by atoms with Crippen molar-refractivity contribution >= 4 is 17.0 Å². The third-order valence-corrected chi connectivity index (χ3v) is 6.29. The van der Waals surface area contributed by atoms with Gasteiger partial charge in [0.25, 0.3) is 5.56 Å². The van der Waals surface area contributed by atoms with Crippen LogP contribution < -0.4 is 5.56 Å². The minimum Gasteiger partial charge on any atom is -0.292 e. The van der Waals surface area contributed by atoms with Crippen molar-refractivity contribution < 1.29 is 0 Å². The molecule has 0 amide bonds. The molecule has 0 saturated heterocycles. The van der Waals surface area contributed by atoms with E-state index in [1.165, 1.54) is 5.57 Å². The van der Waals surface area contributed by atoms with Crippen LogP contribution in [-0.2, 0) is 6.54 Å². The van der Waals surface area contributed by atoms with E-state index in [1.54, 1.807) is 34.1 Å². The Hall–Kier alpha value is -3.12. The second-order valence-electron chi connectivity index (χ2n) is 7.38. The Morgan fingerprint density at radius 2 is 1.88 bits per heavy atom. The van der Waals surface area contributed by atoms with E-state index in [0.29, 0.717) is 29.2 Å². The Labute approximate surface area is 193 Å². The molecule has 0 bridgehead atoms. The zero-order chi connectivity index (χ0) is 23.1. The molecule has 0 N–H and O–H groups in total. The zero-order valence-electron chi connectivity index (χ0n) is 19.1. The van der Waals surface area contributed by atoms with Crippen molar-refractivity contribution in [3.8, 4) is 21.8 Å². The standard InChI is InChI=1S/C24H23N3O2S.C2H6/c1-16-12-13-21(30-16)22-17(2)25-23(19-10-6-7-11-20(19)26-29)27(24(22)28)15-14-18-8-4-3-5-9-18;1-2/h4,6-13H,3,5,14-15H2,1-2H3;1-2H3. The summed E-state index contributed by atoms with van der Waals surface area (Å²) in [4.78, 5) is 31.9. The fourth-order valence-corrected chi connectivity index (χ4v) is 4.72. The van der Waals surface area contributed by atoms with Gasteiger partial charge in [0, 0.05) is 21.9 Å². The molecule has 2 heterocycles. The van der Waals surface area contributed by atoms with Gasteiger partial charge in [0.05, 0.1) is 11.3 Å². The van der Waals surface area contributed by atoms with Crippen LogP contribution in [0.1, 0.15) is 43.7 Å². The maximum absolute atomic E-state index is 13.6. The number of aromatic nitrogens is 2. The van der Waals surface area contributed by atoms with Gasteiger partial charge in [-0.1, -0.05) is 49.8 Å². The molecule has 4 rings (SSSR count). The maximum Gasteiger partial charge on any atom is 0.262 e. The highest BCUT2D eigenvalue weighted by Gasteiger charge is 2.20. The molecular formula is C26H29N3O2S. The van der Waals surface area contributed by atoms with Crippen molar-refractivity contribution in [3.63, 3.8) is 0 Å². The van der Waals surface area contributed by atoms with E-state index in [0.717, 1.165) is 29.0 Å². The number of nitrogens with zero attached hydrogens (tertiary/aromatic N) is 3. The van der Waals surface area contributed by atoms with Crippen molar-refractivity contribution in [1.29, 1.82) is 0 Å². The minimum atomic E-state index is -0.0829. The van der Waals surface area contributed by atoms with Crippen LogP contribution in [0.5, 0.6) is 0 Å². The molecule has 1 aliphatic rings. The molecule has 1 aromatic carbocycles. The van der Waals surface area contributed by atoms with E-state index in [9.17, 15) is 9.70 Å². The third kappa shape index (κ3) is 5.02. The van der Waals surface area contributed by atoms with Crippen LogP contribution in [0, 0.1) is 18.8 Å². The van der Waals surface area contributed by atoms with Crippen LogP contribution >= 0.6 is 11.3 Å². The lowest BCUT2D eigenvalue weighted by atomic mass is 10.0. The monoisotopic (exact) mass is 447 g/mol. The summed E-state index contributed by atoms with van der Waals surface area (Å²) >= 11 is 1.59. The zero-order valence-corrected chi connectivity index (χ0v) is 19.9. The molecule has 0 fully saturated rings. The molecule has 32 heavy (non-hydrogen) atoms. The van der Waals surface area contributed by atoms with Gasteiger partial charge in [-0.25, -0.2) is 4.98 Å². The lowest BCUT2D eigenvalue weighted by molar-refractivity contribution is 0.662. The van der Waals surface area contributed by atoms with Gasteiger partial charge in [0.1, 0.15) is 11.5 Å². The fraction of sp³-hybridized carbons (Fsp3) is 0.308. The summed E-state index contributed by atoms with van der Waals surface area (Å²) in [6.45, 7) is 8.36. The quantitative estimate of drug-likeness (QED) is 0.371. The first-order valence-corrected chi connectivity index (χ1v) is 11.9. The molecular weight excluding hydrogens is 418 g/mol. The molecule has 0 spiro atoms. The second kappa shape index (κ2) is 11.0. The Balaban J connectivity index is 0.00000141. The highest BCUT2D eigenvalue weighted by molar-refractivity contribution is 7.15. The number of benzene rings is 1. The van der Waals surface area contributed by atoms with Crippen LogP contribution in [0.25, 0.3) is 21.8 Å². The molecule has 2 aromatic heterocycles. The second-order valence-corrected chi connectivity index (χ2v) is 8.67. The number of allylic oxidation sites excluding steroid dienone is 4. The van der Waals surface area contributed by atoms with Crippen LogP contribution in [0.15, 0.2) is 70.2 Å². The SMILES string of the molecule is CC.Cc1ccc(-c2c(C)nc(-c3ccccc3N=O)n(CCC3=CCCC=C3)c2=O)s1. The Bertz CT molecular complexity index is 1220. The third-order valence-electron chi connectivity index (χ3n) is 5.28. The first-order chi connectivity index (χ1) is 15.6. The van der Waals surface area contributed by atoms with E-state index in [-0.39, 0.29) is 11.2 Å². The highest BCUT2D eigenvalue weighted by atomic mass is 32.1. The van der Waals surface area contributed by atoms with Gasteiger partial charge < -0.3 is 0 Å².